The number of carbonyl (C=O) groups is 1. The first-order valence-electron chi connectivity index (χ1n) is 7.56. The Hall–Kier alpha value is -1.47. The molecule has 7 heteroatoms. The Labute approximate surface area is 123 Å². The van der Waals surface area contributed by atoms with Gasteiger partial charge in [0, 0.05) is 38.1 Å². The zero-order valence-corrected chi connectivity index (χ0v) is 12.3. The van der Waals surface area contributed by atoms with E-state index in [1.54, 1.807) is 0 Å². The summed E-state index contributed by atoms with van der Waals surface area (Å²) in [5, 5.41) is 20.3. The number of nitrogens with one attached hydrogen (secondary N) is 1. The van der Waals surface area contributed by atoms with Crippen molar-refractivity contribution in [1.29, 1.82) is 0 Å². The highest BCUT2D eigenvalue weighted by atomic mass is 16.5. The fourth-order valence-electron chi connectivity index (χ4n) is 3.09. The minimum atomic E-state index is -0.0971. The van der Waals surface area contributed by atoms with Gasteiger partial charge < -0.3 is 19.7 Å². The van der Waals surface area contributed by atoms with Crippen LogP contribution in [0.2, 0.25) is 0 Å². The molecule has 0 radical (unpaired) electrons. The van der Waals surface area contributed by atoms with Gasteiger partial charge in [0.25, 0.3) is 0 Å². The van der Waals surface area contributed by atoms with E-state index in [2.05, 4.69) is 15.5 Å². The minimum Gasteiger partial charge on any atom is -0.388 e. The molecule has 1 amide bonds. The summed E-state index contributed by atoms with van der Waals surface area (Å²) in [6.45, 7) is 1.28. The summed E-state index contributed by atoms with van der Waals surface area (Å²) in [6, 6.07) is 0.236. The van der Waals surface area contributed by atoms with Crippen LogP contribution in [0.25, 0.3) is 0 Å². The highest BCUT2D eigenvalue weighted by molar-refractivity contribution is 5.79. The van der Waals surface area contributed by atoms with Gasteiger partial charge in [0.2, 0.25) is 5.91 Å². The quantitative estimate of drug-likeness (QED) is 0.822. The number of nitrogens with zero attached hydrogens (tertiary/aromatic N) is 3. The van der Waals surface area contributed by atoms with Crippen LogP contribution >= 0.6 is 0 Å². The van der Waals surface area contributed by atoms with Crippen LogP contribution in [-0.4, -0.2) is 45.0 Å². The third-order valence-corrected chi connectivity index (χ3v) is 4.58. The lowest BCUT2D eigenvalue weighted by Crippen LogP contribution is -2.47. The molecule has 2 heterocycles. The predicted octanol–water partition coefficient (Wildman–Crippen LogP) is 0.0962. The van der Waals surface area contributed by atoms with Crippen molar-refractivity contribution in [3.05, 3.63) is 11.6 Å². The van der Waals surface area contributed by atoms with Gasteiger partial charge in [-0.15, -0.1) is 10.2 Å². The smallest absolute Gasteiger partial charge is 0.223 e. The molecule has 1 aromatic rings. The van der Waals surface area contributed by atoms with E-state index in [1.807, 2.05) is 11.6 Å². The molecule has 3 rings (SSSR count). The molecule has 21 heavy (non-hydrogen) atoms. The number of hydrogen-bond donors (Lipinski definition) is 2. The Morgan fingerprint density at radius 2 is 2.10 bits per heavy atom. The molecule has 0 spiro atoms. The highest BCUT2D eigenvalue weighted by Gasteiger charge is 2.36. The maximum absolute atomic E-state index is 12.1. The SMILES string of the molecule is Cn1c(CO)nnc1C1CC(NC(=O)C2CCOCC2)C1. The molecule has 1 saturated heterocycles. The van der Waals surface area contributed by atoms with Gasteiger partial charge in [-0.25, -0.2) is 0 Å². The number of ether oxygens (including phenoxy) is 1. The molecular formula is C14H22N4O3. The first-order valence-corrected chi connectivity index (χ1v) is 7.56. The number of rotatable bonds is 4. The lowest BCUT2D eigenvalue weighted by Gasteiger charge is -2.36. The molecule has 1 aliphatic carbocycles. The van der Waals surface area contributed by atoms with Gasteiger partial charge in [-0.1, -0.05) is 0 Å². The molecule has 0 atom stereocenters. The summed E-state index contributed by atoms with van der Waals surface area (Å²) in [4.78, 5) is 12.1. The number of hydrogen-bond acceptors (Lipinski definition) is 5. The molecule has 7 nitrogen and oxygen atoms in total. The van der Waals surface area contributed by atoms with Crippen LogP contribution in [0.4, 0.5) is 0 Å². The Morgan fingerprint density at radius 3 is 2.71 bits per heavy atom. The Kier molecular flexibility index (Phi) is 4.21. The lowest BCUT2D eigenvalue weighted by atomic mass is 9.79. The summed E-state index contributed by atoms with van der Waals surface area (Å²) < 4.78 is 7.13. The van der Waals surface area contributed by atoms with Crippen LogP contribution in [0.3, 0.4) is 0 Å². The number of amides is 1. The van der Waals surface area contributed by atoms with Crippen LogP contribution in [0, 0.1) is 5.92 Å². The normalized spacial score (nSPS) is 26.4. The average Bonchev–Trinajstić information content (AvgIpc) is 2.84. The van der Waals surface area contributed by atoms with E-state index in [4.69, 9.17) is 9.84 Å². The standard InChI is InChI=1S/C14H22N4O3/c1-18-12(8-19)16-17-13(18)10-6-11(7-10)15-14(20)9-2-4-21-5-3-9/h9-11,19H,2-8H2,1H3,(H,15,20). The largest absolute Gasteiger partial charge is 0.388 e. The van der Waals surface area contributed by atoms with Crippen LogP contribution in [0.15, 0.2) is 0 Å². The van der Waals surface area contributed by atoms with Crippen molar-refractivity contribution in [3.63, 3.8) is 0 Å². The fraction of sp³-hybridized carbons (Fsp3) is 0.786. The van der Waals surface area contributed by atoms with Crippen molar-refractivity contribution in [2.75, 3.05) is 13.2 Å². The Balaban J connectivity index is 1.49. The van der Waals surface area contributed by atoms with E-state index < -0.39 is 0 Å². The Morgan fingerprint density at radius 1 is 1.38 bits per heavy atom. The van der Waals surface area contributed by atoms with E-state index in [9.17, 15) is 4.79 Å². The van der Waals surface area contributed by atoms with E-state index in [1.165, 1.54) is 0 Å². The molecule has 2 N–H and O–H groups in total. The number of carbonyl (C=O) groups excluding carboxylic acids is 1. The molecule has 2 fully saturated rings. The van der Waals surface area contributed by atoms with Crippen molar-refractivity contribution in [3.8, 4) is 0 Å². The molecule has 0 aromatic carbocycles. The molecule has 0 bridgehead atoms. The van der Waals surface area contributed by atoms with E-state index in [0.717, 1.165) is 31.5 Å². The summed E-state index contributed by atoms with van der Waals surface area (Å²) in [5.74, 6) is 2.07. The second-order valence-corrected chi connectivity index (χ2v) is 5.95. The highest BCUT2D eigenvalue weighted by Crippen LogP contribution is 2.36. The second kappa shape index (κ2) is 6.11. The average molecular weight is 294 g/mol. The van der Waals surface area contributed by atoms with Crippen molar-refractivity contribution in [1.82, 2.24) is 20.1 Å². The van der Waals surface area contributed by atoms with Gasteiger partial charge in [0.15, 0.2) is 5.82 Å². The summed E-state index contributed by atoms with van der Waals surface area (Å²) in [6.07, 6.45) is 3.44. The van der Waals surface area contributed by atoms with Gasteiger partial charge in [0.1, 0.15) is 12.4 Å². The maximum atomic E-state index is 12.1. The van der Waals surface area contributed by atoms with E-state index in [0.29, 0.717) is 25.0 Å². The molecule has 0 unspecified atom stereocenters. The predicted molar refractivity (Wildman–Crippen MR) is 74.4 cm³/mol. The third kappa shape index (κ3) is 2.94. The van der Waals surface area contributed by atoms with E-state index in [-0.39, 0.29) is 24.5 Å². The maximum Gasteiger partial charge on any atom is 0.223 e. The molecule has 1 aromatic heterocycles. The van der Waals surface area contributed by atoms with Crippen LogP contribution in [0.5, 0.6) is 0 Å². The number of aliphatic hydroxyl groups is 1. The molecule has 1 aliphatic heterocycles. The van der Waals surface area contributed by atoms with Crippen LogP contribution in [0.1, 0.15) is 43.3 Å². The van der Waals surface area contributed by atoms with E-state index >= 15 is 0 Å². The van der Waals surface area contributed by atoms with Gasteiger partial charge in [0.05, 0.1) is 0 Å². The molecule has 1 saturated carbocycles. The van der Waals surface area contributed by atoms with Gasteiger partial charge in [-0.05, 0) is 25.7 Å². The molecule has 2 aliphatic rings. The minimum absolute atomic E-state index is 0.0971. The van der Waals surface area contributed by atoms with Crippen LogP contribution < -0.4 is 5.32 Å². The first kappa shape index (κ1) is 14.5. The fourth-order valence-corrected chi connectivity index (χ4v) is 3.09. The van der Waals surface area contributed by atoms with Gasteiger partial charge in [-0.3, -0.25) is 4.79 Å². The monoisotopic (exact) mass is 294 g/mol. The summed E-state index contributed by atoms with van der Waals surface area (Å²) in [7, 11) is 1.87. The van der Waals surface area contributed by atoms with Crippen molar-refractivity contribution in [2.45, 2.75) is 44.2 Å². The van der Waals surface area contributed by atoms with Gasteiger partial charge >= 0.3 is 0 Å². The van der Waals surface area contributed by atoms with Crippen molar-refractivity contribution in [2.24, 2.45) is 13.0 Å². The molecular weight excluding hydrogens is 272 g/mol. The first-order chi connectivity index (χ1) is 10.2. The lowest BCUT2D eigenvalue weighted by molar-refractivity contribution is -0.129. The van der Waals surface area contributed by atoms with Gasteiger partial charge in [-0.2, -0.15) is 0 Å². The van der Waals surface area contributed by atoms with Crippen LogP contribution in [-0.2, 0) is 23.2 Å². The number of aliphatic hydroxyl groups excluding tert-OH is 1. The Bertz CT molecular complexity index is 504. The topological polar surface area (TPSA) is 89.3 Å². The zero-order chi connectivity index (χ0) is 14.8. The second-order valence-electron chi connectivity index (χ2n) is 5.95. The number of aromatic nitrogens is 3. The van der Waals surface area contributed by atoms with Crippen molar-refractivity contribution < 1.29 is 14.6 Å². The third-order valence-electron chi connectivity index (χ3n) is 4.58. The zero-order valence-electron chi connectivity index (χ0n) is 12.3. The molecule has 116 valence electrons. The summed E-state index contributed by atoms with van der Waals surface area (Å²) >= 11 is 0. The van der Waals surface area contributed by atoms with Crippen molar-refractivity contribution >= 4 is 5.91 Å². The summed E-state index contributed by atoms with van der Waals surface area (Å²) in [5.41, 5.74) is 0.